The molecule has 0 aromatic carbocycles. The Labute approximate surface area is 180 Å². The number of carbonyl (C=O) groups excluding carboxylic acids is 1. The normalized spacial score (nSPS) is 12.1. The number of rotatable bonds is 22. The molecule has 0 radical (unpaired) electrons. The van der Waals surface area contributed by atoms with Crippen LogP contribution in [0.25, 0.3) is 0 Å². The first kappa shape index (κ1) is 27.9. The summed E-state index contributed by atoms with van der Waals surface area (Å²) in [6.45, 7) is 4.97. The van der Waals surface area contributed by atoms with Gasteiger partial charge in [0.25, 0.3) is 0 Å². The van der Waals surface area contributed by atoms with Gasteiger partial charge in [-0.05, 0) is 25.2 Å². The molecule has 172 valence electrons. The summed E-state index contributed by atoms with van der Waals surface area (Å²) >= 11 is 0. The minimum atomic E-state index is -0.668. The summed E-state index contributed by atoms with van der Waals surface area (Å²) in [5.41, 5.74) is 0. The Kier molecular flexibility index (Phi) is 20.9. The van der Waals surface area contributed by atoms with Gasteiger partial charge >= 0.3 is 11.9 Å². The minimum Gasteiger partial charge on any atom is -0.481 e. The van der Waals surface area contributed by atoms with Gasteiger partial charge in [-0.1, -0.05) is 104 Å². The van der Waals surface area contributed by atoms with Crippen molar-refractivity contribution in [2.45, 2.75) is 136 Å². The average molecular weight is 413 g/mol. The summed E-state index contributed by atoms with van der Waals surface area (Å²) in [5.74, 6) is -0.105. The number of aliphatic carboxylic acids is 1. The second-order valence-electron chi connectivity index (χ2n) is 8.56. The van der Waals surface area contributed by atoms with Gasteiger partial charge in [-0.2, -0.15) is 0 Å². The Balaban J connectivity index is 3.30. The summed E-state index contributed by atoms with van der Waals surface area (Å²) in [4.78, 5) is 22.3. The molecule has 4 heteroatoms. The van der Waals surface area contributed by atoms with Gasteiger partial charge in [0.2, 0.25) is 0 Å². The molecule has 1 unspecified atom stereocenters. The number of carboxylic acids is 1. The largest absolute Gasteiger partial charge is 0.481 e. The summed E-state index contributed by atoms with van der Waals surface area (Å²) in [7, 11) is 0. The molecule has 1 atom stereocenters. The molecule has 0 saturated heterocycles. The van der Waals surface area contributed by atoms with E-state index >= 15 is 0 Å². The highest BCUT2D eigenvalue weighted by Crippen LogP contribution is 2.20. The van der Waals surface area contributed by atoms with Crippen molar-refractivity contribution in [2.75, 3.05) is 6.61 Å². The molecule has 4 nitrogen and oxygen atoms in total. The third kappa shape index (κ3) is 21.5. The first-order valence-electron chi connectivity index (χ1n) is 12.5. The van der Waals surface area contributed by atoms with Crippen LogP contribution >= 0.6 is 0 Å². The second kappa shape index (κ2) is 21.6. The fourth-order valence-corrected chi connectivity index (χ4v) is 3.78. The maximum Gasteiger partial charge on any atom is 0.305 e. The lowest BCUT2D eigenvalue weighted by Crippen LogP contribution is -2.05. The van der Waals surface area contributed by atoms with E-state index in [-0.39, 0.29) is 5.97 Å². The van der Waals surface area contributed by atoms with Crippen molar-refractivity contribution < 1.29 is 19.4 Å². The second-order valence-corrected chi connectivity index (χ2v) is 8.56. The van der Waals surface area contributed by atoms with Crippen LogP contribution in [0.4, 0.5) is 0 Å². The summed E-state index contributed by atoms with van der Waals surface area (Å²) in [6.07, 6.45) is 20.9. The van der Waals surface area contributed by atoms with Crippen LogP contribution in [0, 0.1) is 5.92 Å². The van der Waals surface area contributed by atoms with Crippen LogP contribution in [0.3, 0.4) is 0 Å². The molecule has 0 aliphatic heterocycles. The SMILES string of the molecule is CCCCCCCOC(=O)CCCCCCCCCCCC(CC)CCC(=O)O. The number of carbonyl (C=O) groups is 2. The first-order chi connectivity index (χ1) is 14.1. The predicted molar refractivity (Wildman–Crippen MR) is 121 cm³/mol. The lowest BCUT2D eigenvalue weighted by atomic mass is 9.93. The Bertz CT molecular complexity index is 381. The van der Waals surface area contributed by atoms with Crippen molar-refractivity contribution in [1.29, 1.82) is 0 Å². The van der Waals surface area contributed by atoms with Crippen LogP contribution in [0.1, 0.15) is 136 Å². The highest BCUT2D eigenvalue weighted by atomic mass is 16.5. The summed E-state index contributed by atoms with van der Waals surface area (Å²) in [5, 5.41) is 8.78. The van der Waals surface area contributed by atoms with Gasteiger partial charge < -0.3 is 9.84 Å². The molecule has 0 spiro atoms. The number of hydrogen-bond acceptors (Lipinski definition) is 3. The summed E-state index contributed by atoms with van der Waals surface area (Å²) in [6, 6.07) is 0. The molecule has 29 heavy (non-hydrogen) atoms. The molecular formula is C25H48O4. The van der Waals surface area contributed by atoms with E-state index in [4.69, 9.17) is 9.84 Å². The van der Waals surface area contributed by atoms with Gasteiger partial charge in [0, 0.05) is 12.8 Å². The van der Waals surface area contributed by atoms with E-state index in [0.717, 1.165) is 32.1 Å². The number of hydrogen-bond donors (Lipinski definition) is 1. The van der Waals surface area contributed by atoms with Crippen LogP contribution in [0.5, 0.6) is 0 Å². The van der Waals surface area contributed by atoms with Crippen LogP contribution in [0.15, 0.2) is 0 Å². The molecule has 0 aromatic rings. The van der Waals surface area contributed by atoms with Gasteiger partial charge in [-0.25, -0.2) is 0 Å². The van der Waals surface area contributed by atoms with Gasteiger partial charge in [0.05, 0.1) is 6.61 Å². The maximum atomic E-state index is 11.7. The molecule has 0 aromatic heterocycles. The van der Waals surface area contributed by atoms with Crippen LogP contribution in [0.2, 0.25) is 0 Å². The molecule has 0 saturated carbocycles. The van der Waals surface area contributed by atoms with Gasteiger partial charge in [-0.15, -0.1) is 0 Å². The minimum absolute atomic E-state index is 0.0192. The molecule has 0 bridgehead atoms. The number of esters is 1. The molecule has 0 aliphatic rings. The zero-order valence-electron chi connectivity index (χ0n) is 19.4. The fraction of sp³-hybridized carbons (Fsp3) is 0.920. The molecule has 0 rings (SSSR count). The quantitative estimate of drug-likeness (QED) is 0.146. The monoisotopic (exact) mass is 412 g/mol. The van der Waals surface area contributed by atoms with Crippen molar-refractivity contribution in [2.24, 2.45) is 5.92 Å². The highest BCUT2D eigenvalue weighted by Gasteiger charge is 2.08. The van der Waals surface area contributed by atoms with Crippen molar-refractivity contribution in [3.63, 3.8) is 0 Å². The third-order valence-corrected chi connectivity index (χ3v) is 5.85. The molecule has 0 heterocycles. The first-order valence-corrected chi connectivity index (χ1v) is 12.5. The predicted octanol–water partition coefficient (Wildman–Crippen LogP) is 7.68. The van der Waals surface area contributed by atoms with Crippen molar-refractivity contribution >= 4 is 11.9 Å². The lowest BCUT2D eigenvalue weighted by molar-refractivity contribution is -0.144. The van der Waals surface area contributed by atoms with E-state index in [0.29, 0.717) is 25.4 Å². The Morgan fingerprint density at radius 3 is 1.83 bits per heavy atom. The zero-order chi connectivity index (χ0) is 21.6. The van der Waals surface area contributed by atoms with Crippen LogP contribution in [-0.4, -0.2) is 23.7 Å². The Hall–Kier alpha value is -1.06. The van der Waals surface area contributed by atoms with Crippen LogP contribution < -0.4 is 0 Å². The number of carboxylic acid groups (broad SMARTS) is 1. The number of unbranched alkanes of at least 4 members (excludes halogenated alkanes) is 12. The van der Waals surface area contributed by atoms with Crippen molar-refractivity contribution in [1.82, 2.24) is 0 Å². The highest BCUT2D eigenvalue weighted by molar-refractivity contribution is 5.69. The smallest absolute Gasteiger partial charge is 0.305 e. The third-order valence-electron chi connectivity index (χ3n) is 5.85. The molecule has 0 fully saturated rings. The van der Waals surface area contributed by atoms with E-state index in [2.05, 4.69) is 13.8 Å². The van der Waals surface area contributed by atoms with Gasteiger partial charge in [0.15, 0.2) is 0 Å². The van der Waals surface area contributed by atoms with Crippen molar-refractivity contribution in [3.8, 4) is 0 Å². The average Bonchev–Trinajstić information content (AvgIpc) is 2.70. The van der Waals surface area contributed by atoms with E-state index in [1.54, 1.807) is 0 Å². The molecule has 0 amide bonds. The van der Waals surface area contributed by atoms with E-state index in [1.807, 2.05) is 0 Å². The number of ether oxygens (including phenoxy) is 1. The molecule has 0 aliphatic carbocycles. The zero-order valence-corrected chi connectivity index (χ0v) is 19.4. The Morgan fingerprint density at radius 2 is 1.24 bits per heavy atom. The van der Waals surface area contributed by atoms with Gasteiger partial charge in [-0.3, -0.25) is 9.59 Å². The Morgan fingerprint density at radius 1 is 0.690 bits per heavy atom. The lowest BCUT2D eigenvalue weighted by Gasteiger charge is -2.13. The van der Waals surface area contributed by atoms with Crippen LogP contribution in [-0.2, 0) is 14.3 Å². The molecular weight excluding hydrogens is 364 g/mol. The maximum absolute atomic E-state index is 11.7. The summed E-state index contributed by atoms with van der Waals surface area (Å²) < 4.78 is 5.29. The standard InChI is InChI=1S/C25H48O4/c1-3-5-6-14-17-22-29-25(28)19-16-13-11-9-7-8-10-12-15-18-23(4-2)20-21-24(26)27/h23H,3-22H2,1-2H3,(H,26,27). The van der Waals surface area contributed by atoms with E-state index < -0.39 is 5.97 Å². The van der Waals surface area contributed by atoms with E-state index in [1.165, 1.54) is 77.0 Å². The topological polar surface area (TPSA) is 63.6 Å². The fourth-order valence-electron chi connectivity index (χ4n) is 3.78. The molecule has 1 N–H and O–H groups in total. The van der Waals surface area contributed by atoms with Crippen molar-refractivity contribution in [3.05, 3.63) is 0 Å². The van der Waals surface area contributed by atoms with Gasteiger partial charge in [0.1, 0.15) is 0 Å². The van der Waals surface area contributed by atoms with E-state index in [9.17, 15) is 9.59 Å².